The summed E-state index contributed by atoms with van der Waals surface area (Å²) in [4.78, 5) is 12.1. The van der Waals surface area contributed by atoms with Crippen molar-refractivity contribution in [1.82, 2.24) is 5.32 Å². The zero-order valence-corrected chi connectivity index (χ0v) is 12.8. The van der Waals surface area contributed by atoms with Gasteiger partial charge in [-0.25, -0.2) is 0 Å². The molecule has 1 amide bonds. The van der Waals surface area contributed by atoms with Gasteiger partial charge in [-0.05, 0) is 29.9 Å². The molecular weight excluding hydrogens is 260 g/mol. The Kier molecular flexibility index (Phi) is 5.67. The molecule has 0 fully saturated rings. The van der Waals surface area contributed by atoms with Gasteiger partial charge in [0.05, 0.1) is 16.3 Å². The van der Waals surface area contributed by atoms with Crippen molar-refractivity contribution in [2.75, 3.05) is 12.3 Å². The Morgan fingerprint density at radius 3 is 2.37 bits per heavy atom. The summed E-state index contributed by atoms with van der Waals surface area (Å²) in [5.41, 5.74) is 6.60. The van der Waals surface area contributed by atoms with Gasteiger partial charge in [0.2, 0.25) is 0 Å². The Morgan fingerprint density at radius 1 is 1.26 bits per heavy atom. The Balaban J connectivity index is 2.72. The van der Waals surface area contributed by atoms with Gasteiger partial charge in [0, 0.05) is 6.54 Å². The summed E-state index contributed by atoms with van der Waals surface area (Å²) < 4.78 is 0. The van der Waals surface area contributed by atoms with Crippen LogP contribution in [-0.4, -0.2) is 12.5 Å². The molecule has 3 nitrogen and oxygen atoms in total. The summed E-state index contributed by atoms with van der Waals surface area (Å²) in [5.74, 6) is 1.34. The van der Waals surface area contributed by atoms with E-state index in [-0.39, 0.29) is 5.91 Å². The molecule has 0 aliphatic heterocycles. The third kappa shape index (κ3) is 4.13. The number of hydrogen-bond acceptors (Lipinski definition) is 2. The summed E-state index contributed by atoms with van der Waals surface area (Å²) in [6, 6.07) is 5.10. The van der Waals surface area contributed by atoms with Crippen LogP contribution in [0.4, 0.5) is 5.69 Å². The van der Waals surface area contributed by atoms with Gasteiger partial charge in [-0.1, -0.05) is 45.4 Å². The van der Waals surface area contributed by atoms with Crippen LogP contribution >= 0.6 is 11.6 Å². The highest BCUT2D eigenvalue weighted by molar-refractivity contribution is 6.33. The predicted octanol–water partition coefficient (Wildman–Crippen LogP) is 3.58. The van der Waals surface area contributed by atoms with Crippen molar-refractivity contribution < 1.29 is 4.79 Å². The first kappa shape index (κ1) is 15.8. The number of nitrogen functional groups attached to an aromatic ring is 1. The molecule has 0 spiro atoms. The molecule has 19 heavy (non-hydrogen) atoms. The number of para-hydroxylation sites is 1. The van der Waals surface area contributed by atoms with Crippen molar-refractivity contribution >= 4 is 23.2 Å². The first-order valence-corrected chi connectivity index (χ1v) is 7.04. The molecule has 106 valence electrons. The molecule has 0 aliphatic rings. The summed E-state index contributed by atoms with van der Waals surface area (Å²) >= 11 is 5.92. The van der Waals surface area contributed by atoms with Crippen LogP contribution in [0.3, 0.4) is 0 Å². The average Bonchev–Trinajstić information content (AvgIpc) is 2.31. The number of anilines is 1. The van der Waals surface area contributed by atoms with E-state index >= 15 is 0 Å². The van der Waals surface area contributed by atoms with Gasteiger partial charge in [0.15, 0.2) is 0 Å². The van der Waals surface area contributed by atoms with Crippen LogP contribution in [-0.2, 0) is 0 Å². The van der Waals surface area contributed by atoms with E-state index in [9.17, 15) is 4.79 Å². The van der Waals surface area contributed by atoms with E-state index in [0.717, 1.165) is 0 Å². The lowest BCUT2D eigenvalue weighted by Gasteiger charge is -2.25. The minimum Gasteiger partial charge on any atom is -0.397 e. The van der Waals surface area contributed by atoms with Crippen molar-refractivity contribution in [2.45, 2.75) is 27.7 Å². The normalized spacial score (nSPS) is 11.4. The second-order valence-corrected chi connectivity index (χ2v) is 5.97. The van der Waals surface area contributed by atoms with Gasteiger partial charge in [-0.2, -0.15) is 0 Å². The fraction of sp³-hybridized carbons (Fsp3) is 0.533. The van der Waals surface area contributed by atoms with E-state index in [0.29, 0.717) is 40.6 Å². The molecule has 0 aromatic heterocycles. The molecule has 4 heteroatoms. The number of benzene rings is 1. The van der Waals surface area contributed by atoms with Crippen LogP contribution in [0.15, 0.2) is 18.2 Å². The summed E-state index contributed by atoms with van der Waals surface area (Å²) in [6.07, 6.45) is 0. The maximum absolute atomic E-state index is 12.1. The molecular formula is C15H23ClN2O. The molecule has 1 aromatic carbocycles. The van der Waals surface area contributed by atoms with Crippen molar-refractivity contribution in [3.05, 3.63) is 28.8 Å². The van der Waals surface area contributed by atoms with E-state index in [1.165, 1.54) is 0 Å². The smallest absolute Gasteiger partial charge is 0.253 e. The zero-order valence-electron chi connectivity index (χ0n) is 12.0. The Morgan fingerprint density at radius 2 is 1.84 bits per heavy atom. The fourth-order valence-corrected chi connectivity index (χ4v) is 2.46. The molecule has 0 bridgehead atoms. The second kappa shape index (κ2) is 6.80. The highest BCUT2D eigenvalue weighted by atomic mass is 35.5. The summed E-state index contributed by atoms with van der Waals surface area (Å²) in [6.45, 7) is 9.34. The SMILES string of the molecule is CC(C)C(CNC(=O)c1cccc(Cl)c1N)C(C)C. The van der Waals surface area contributed by atoms with Crippen LogP contribution in [0.2, 0.25) is 5.02 Å². The number of carbonyl (C=O) groups is 1. The monoisotopic (exact) mass is 282 g/mol. The quantitative estimate of drug-likeness (QED) is 0.811. The first-order chi connectivity index (χ1) is 8.84. The number of amides is 1. The molecule has 0 saturated heterocycles. The van der Waals surface area contributed by atoms with E-state index in [1.54, 1.807) is 18.2 Å². The topological polar surface area (TPSA) is 55.1 Å². The van der Waals surface area contributed by atoms with Crippen LogP contribution < -0.4 is 11.1 Å². The zero-order chi connectivity index (χ0) is 14.6. The fourth-order valence-electron chi connectivity index (χ4n) is 2.28. The molecule has 0 unspecified atom stereocenters. The van der Waals surface area contributed by atoms with Crippen molar-refractivity contribution in [3.8, 4) is 0 Å². The third-order valence-corrected chi connectivity index (χ3v) is 3.84. The van der Waals surface area contributed by atoms with Gasteiger partial charge < -0.3 is 11.1 Å². The van der Waals surface area contributed by atoms with E-state index in [1.807, 2.05) is 0 Å². The highest BCUT2D eigenvalue weighted by Gasteiger charge is 2.19. The largest absolute Gasteiger partial charge is 0.397 e. The number of nitrogens with one attached hydrogen (secondary N) is 1. The number of hydrogen-bond donors (Lipinski definition) is 2. The van der Waals surface area contributed by atoms with Crippen LogP contribution in [0, 0.1) is 17.8 Å². The van der Waals surface area contributed by atoms with Crippen LogP contribution in [0.1, 0.15) is 38.1 Å². The molecule has 0 atom stereocenters. The number of nitrogens with two attached hydrogens (primary N) is 1. The molecule has 0 heterocycles. The van der Waals surface area contributed by atoms with Gasteiger partial charge in [-0.3, -0.25) is 4.79 Å². The van der Waals surface area contributed by atoms with Crippen molar-refractivity contribution in [3.63, 3.8) is 0 Å². The van der Waals surface area contributed by atoms with Gasteiger partial charge in [0.25, 0.3) is 5.91 Å². The summed E-state index contributed by atoms with van der Waals surface area (Å²) in [5, 5.41) is 3.37. The Bertz CT molecular complexity index is 436. The predicted molar refractivity (Wildman–Crippen MR) is 81.4 cm³/mol. The van der Waals surface area contributed by atoms with Crippen molar-refractivity contribution in [1.29, 1.82) is 0 Å². The standard InChI is InChI=1S/C15H23ClN2O/c1-9(2)12(10(3)4)8-18-15(19)11-6-5-7-13(16)14(11)17/h5-7,9-10,12H,8,17H2,1-4H3,(H,18,19). The minimum atomic E-state index is -0.161. The molecule has 1 rings (SSSR count). The number of carbonyl (C=O) groups excluding carboxylic acids is 1. The lowest BCUT2D eigenvalue weighted by atomic mass is 9.85. The minimum absolute atomic E-state index is 0.161. The lowest BCUT2D eigenvalue weighted by molar-refractivity contribution is 0.0938. The Hall–Kier alpha value is -1.22. The second-order valence-electron chi connectivity index (χ2n) is 5.56. The Labute approximate surface area is 120 Å². The maximum atomic E-state index is 12.1. The lowest BCUT2D eigenvalue weighted by Crippen LogP contribution is -2.34. The molecule has 0 saturated carbocycles. The molecule has 1 aromatic rings. The summed E-state index contributed by atoms with van der Waals surface area (Å²) in [7, 11) is 0. The van der Waals surface area contributed by atoms with E-state index in [4.69, 9.17) is 17.3 Å². The average molecular weight is 283 g/mol. The highest BCUT2D eigenvalue weighted by Crippen LogP contribution is 2.23. The maximum Gasteiger partial charge on any atom is 0.253 e. The molecule has 3 N–H and O–H groups in total. The number of halogens is 1. The van der Waals surface area contributed by atoms with Crippen molar-refractivity contribution in [2.24, 2.45) is 17.8 Å². The van der Waals surface area contributed by atoms with E-state index < -0.39 is 0 Å². The van der Waals surface area contributed by atoms with E-state index in [2.05, 4.69) is 33.0 Å². The number of rotatable bonds is 5. The molecule has 0 radical (unpaired) electrons. The molecule has 0 aliphatic carbocycles. The van der Waals surface area contributed by atoms with Gasteiger partial charge in [-0.15, -0.1) is 0 Å². The third-order valence-electron chi connectivity index (χ3n) is 3.51. The first-order valence-electron chi connectivity index (χ1n) is 6.66. The van der Waals surface area contributed by atoms with Gasteiger partial charge in [0.1, 0.15) is 0 Å². The van der Waals surface area contributed by atoms with Gasteiger partial charge >= 0.3 is 0 Å². The van der Waals surface area contributed by atoms with Crippen LogP contribution in [0.5, 0.6) is 0 Å². The van der Waals surface area contributed by atoms with Crippen LogP contribution in [0.25, 0.3) is 0 Å².